The van der Waals surface area contributed by atoms with Gasteiger partial charge in [-0.25, -0.2) is 0 Å². The van der Waals surface area contributed by atoms with Gasteiger partial charge in [-0.15, -0.1) is 12.4 Å². The zero-order valence-electron chi connectivity index (χ0n) is 13.8. The van der Waals surface area contributed by atoms with Crippen LogP contribution >= 0.6 is 12.4 Å². The summed E-state index contributed by atoms with van der Waals surface area (Å²) in [7, 11) is 0. The van der Waals surface area contributed by atoms with Crippen LogP contribution in [0.15, 0.2) is 65.1 Å². The van der Waals surface area contributed by atoms with Crippen LogP contribution in [0.25, 0.3) is 11.0 Å². The molecule has 1 saturated heterocycles. The normalized spacial score (nSPS) is 19.8. The Morgan fingerprint density at radius 1 is 1.08 bits per heavy atom. The predicted molar refractivity (Wildman–Crippen MR) is 101 cm³/mol. The van der Waals surface area contributed by atoms with Crippen molar-refractivity contribution in [2.75, 3.05) is 19.6 Å². The van der Waals surface area contributed by atoms with Gasteiger partial charge in [-0.05, 0) is 30.2 Å². The van der Waals surface area contributed by atoms with Crippen molar-refractivity contribution in [1.82, 2.24) is 4.90 Å². The van der Waals surface area contributed by atoms with Crippen molar-refractivity contribution in [3.8, 4) is 0 Å². The van der Waals surface area contributed by atoms with Crippen LogP contribution in [-0.4, -0.2) is 30.4 Å². The maximum atomic E-state index is 12.8. The van der Waals surface area contributed by atoms with Crippen LogP contribution in [0.4, 0.5) is 0 Å². The highest BCUT2D eigenvalue weighted by molar-refractivity contribution is 5.96. The molecule has 1 aromatic heterocycles. The first-order valence-electron chi connectivity index (χ1n) is 8.29. The molecule has 25 heavy (non-hydrogen) atoms. The molecule has 0 aliphatic carbocycles. The van der Waals surface area contributed by atoms with Crippen LogP contribution in [0.2, 0.25) is 0 Å². The van der Waals surface area contributed by atoms with Crippen LogP contribution in [-0.2, 0) is 0 Å². The average molecular weight is 357 g/mol. The van der Waals surface area contributed by atoms with Crippen LogP contribution in [0, 0.1) is 5.92 Å². The third-order valence-corrected chi connectivity index (χ3v) is 4.90. The van der Waals surface area contributed by atoms with Gasteiger partial charge in [0, 0.05) is 24.4 Å². The Morgan fingerprint density at radius 3 is 2.52 bits per heavy atom. The lowest BCUT2D eigenvalue weighted by Crippen LogP contribution is -2.29. The minimum atomic E-state index is -0.0527. The second-order valence-electron chi connectivity index (χ2n) is 6.37. The number of likely N-dealkylation sites (tertiary alicyclic amines) is 1. The first-order chi connectivity index (χ1) is 11.8. The summed E-state index contributed by atoms with van der Waals surface area (Å²) in [5.41, 5.74) is 7.95. The molecule has 5 heteroatoms. The summed E-state index contributed by atoms with van der Waals surface area (Å²) in [4.78, 5) is 14.7. The molecule has 2 heterocycles. The molecule has 1 amide bonds. The standard InChI is InChI=1S/C20H20N2O2.ClH/c21-11-16-12-22(13-17(16)14-6-2-1-3-7-14)20(23)19-10-15-8-4-5-9-18(15)24-19;/h1-10,16-17H,11-13,21H2;1H/t16-,17+;/m1./s1. The van der Waals surface area contributed by atoms with E-state index in [0.29, 0.717) is 25.4 Å². The summed E-state index contributed by atoms with van der Waals surface area (Å²) in [6, 6.07) is 19.8. The Kier molecular flexibility index (Phi) is 5.11. The molecule has 0 saturated carbocycles. The van der Waals surface area contributed by atoms with E-state index in [1.165, 1.54) is 5.56 Å². The van der Waals surface area contributed by atoms with Gasteiger partial charge in [-0.2, -0.15) is 0 Å². The van der Waals surface area contributed by atoms with E-state index in [2.05, 4.69) is 12.1 Å². The smallest absolute Gasteiger partial charge is 0.289 e. The monoisotopic (exact) mass is 356 g/mol. The van der Waals surface area contributed by atoms with Gasteiger partial charge >= 0.3 is 0 Å². The van der Waals surface area contributed by atoms with Gasteiger partial charge in [0.1, 0.15) is 5.58 Å². The van der Waals surface area contributed by atoms with Crippen molar-refractivity contribution >= 4 is 29.3 Å². The van der Waals surface area contributed by atoms with Gasteiger partial charge in [0.2, 0.25) is 0 Å². The number of fused-ring (bicyclic) bond motifs is 1. The molecule has 4 nitrogen and oxygen atoms in total. The number of hydrogen-bond donors (Lipinski definition) is 1. The van der Waals surface area contributed by atoms with Gasteiger partial charge in [0.25, 0.3) is 5.91 Å². The van der Waals surface area contributed by atoms with Gasteiger partial charge in [0.05, 0.1) is 0 Å². The average Bonchev–Trinajstić information content (AvgIpc) is 3.26. The minimum Gasteiger partial charge on any atom is -0.451 e. The van der Waals surface area contributed by atoms with Crippen molar-refractivity contribution in [2.24, 2.45) is 11.7 Å². The topological polar surface area (TPSA) is 59.5 Å². The van der Waals surface area contributed by atoms with E-state index in [0.717, 1.165) is 11.0 Å². The first-order valence-corrected chi connectivity index (χ1v) is 8.29. The fraction of sp³-hybridized carbons (Fsp3) is 0.250. The second-order valence-corrected chi connectivity index (χ2v) is 6.37. The van der Waals surface area contributed by atoms with E-state index < -0.39 is 0 Å². The summed E-state index contributed by atoms with van der Waals surface area (Å²) < 4.78 is 5.73. The number of hydrogen-bond acceptors (Lipinski definition) is 3. The molecule has 1 aliphatic rings. The third kappa shape index (κ3) is 3.28. The molecule has 0 spiro atoms. The lowest BCUT2D eigenvalue weighted by molar-refractivity contribution is 0.0757. The Bertz CT molecular complexity index is 829. The Hall–Kier alpha value is -2.30. The van der Waals surface area contributed by atoms with E-state index in [9.17, 15) is 4.79 Å². The fourth-order valence-electron chi connectivity index (χ4n) is 3.60. The molecular formula is C20H21ClN2O2. The molecule has 2 N–H and O–H groups in total. The van der Waals surface area contributed by atoms with Crippen LogP contribution in [0.5, 0.6) is 0 Å². The molecule has 3 aromatic rings. The van der Waals surface area contributed by atoms with Crippen molar-refractivity contribution in [2.45, 2.75) is 5.92 Å². The second kappa shape index (κ2) is 7.30. The molecule has 0 radical (unpaired) electrons. The van der Waals surface area contributed by atoms with Gasteiger partial charge in [0.15, 0.2) is 5.76 Å². The SMILES string of the molecule is Cl.NC[C@@H]1CN(C(=O)c2cc3ccccc3o2)C[C@H]1c1ccccc1. The number of nitrogens with two attached hydrogens (primary N) is 1. The van der Waals surface area contributed by atoms with E-state index in [1.807, 2.05) is 53.4 Å². The number of carbonyl (C=O) groups excluding carboxylic acids is 1. The zero-order chi connectivity index (χ0) is 16.5. The molecule has 2 atom stereocenters. The molecule has 2 aromatic carbocycles. The van der Waals surface area contributed by atoms with E-state index in [1.54, 1.807) is 0 Å². The molecule has 1 fully saturated rings. The van der Waals surface area contributed by atoms with Crippen molar-refractivity contribution in [3.05, 3.63) is 72.0 Å². The number of nitrogens with zero attached hydrogens (tertiary/aromatic N) is 1. The highest BCUT2D eigenvalue weighted by atomic mass is 35.5. The zero-order valence-corrected chi connectivity index (χ0v) is 14.6. The molecule has 1 aliphatic heterocycles. The highest BCUT2D eigenvalue weighted by Crippen LogP contribution is 2.33. The summed E-state index contributed by atoms with van der Waals surface area (Å²) in [5.74, 6) is 0.911. The number of carbonyl (C=O) groups is 1. The molecule has 130 valence electrons. The van der Waals surface area contributed by atoms with Crippen LogP contribution in [0.3, 0.4) is 0 Å². The lowest BCUT2D eigenvalue weighted by Gasteiger charge is -2.16. The summed E-state index contributed by atoms with van der Waals surface area (Å²) >= 11 is 0. The maximum absolute atomic E-state index is 12.8. The number of furan rings is 1. The number of halogens is 1. The van der Waals surface area contributed by atoms with E-state index in [4.69, 9.17) is 10.2 Å². The van der Waals surface area contributed by atoms with Crippen molar-refractivity contribution < 1.29 is 9.21 Å². The Balaban J connectivity index is 0.00000182. The molecule has 0 unspecified atom stereocenters. The van der Waals surface area contributed by atoms with Gasteiger partial charge in [-0.1, -0.05) is 48.5 Å². The number of rotatable bonds is 3. The predicted octanol–water partition coefficient (Wildman–Crippen LogP) is 3.67. The third-order valence-electron chi connectivity index (χ3n) is 4.90. The minimum absolute atomic E-state index is 0. The van der Waals surface area contributed by atoms with Crippen LogP contribution < -0.4 is 5.73 Å². The van der Waals surface area contributed by atoms with Crippen LogP contribution in [0.1, 0.15) is 22.0 Å². The Morgan fingerprint density at radius 2 is 1.80 bits per heavy atom. The number of amides is 1. The number of para-hydroxylation sites is 1. The molecule has 4 rings (SSSR count). The largest absolute Gasteiger partial charge is 0.451 e. The summed E-state index contributed by atoms with van der Waals surface area (Å²) in [5, 5.41) is 0.954. The lowest BCUT2D eigenvalue weighted by atomic mass is 9.89. The van der Waals surface area contributed by atoms with E-state index in [-0.39, 0.29) is 30.2 Å². The fourth-order valence-corrected chi connectivity index (χ4v) is 3.60. The van der Waals surface area contributed by atoms with Gasteiger partial charge < -0.3 is 15.1 Å². The quantitative estimate of drug-likeness (QED) is 0.779. The molecular weight excluding hydrogens is 336 g/mol. The first kappa shape index (κ1) is 17.5. The molecule has 0 bridgehead atoms. The van der Waals surface area contributed by atoms with Crippen molar-refractivity contribution in [3.63, 3.8) is 0 Å². The van der Waals surface area contributed by atoms with Crippen molar-refractivity contribution in [1.29, 1.82) is 0 Å². The Labute approximate surface area is 153 Å². The van der Waals surface area contributed by atoms with E-state index >= 15 is 0 Å². The maximum Gasteiger partial charge on any atom is 0.289 e. The van der Waals surface area contributed by atoms with Gasteiger partial charge in [-0.3, -0.25) is 4.79 Å². The summed E-state index contributed by atoms with van der Waals surface area (Å²) in [6.07, 6.45) is 0. The summed E-state index contributed by atoms with van der Waals surface area (Å²) in [6.45, 7) is 1.93. The number of benzene rings is 2. The highest BCUT2D eigenvalue weighted by Gasteiger charge is 2.36.